The number of hydrogen-bond donors (Lipinski definition) is 0. The Morgan fingerprint density at radius 1 is 0.857 bits per heavy atom. The molecule has 1 rings (SSSR count). The first-order valence-corrected chi connectivity index (χ1v) is 12.4. The highest BCUT2D eigenvalue weighted by atomic mass is 32.2. The summed E-state index contributed by atoms with van der Waals surface area (Å²) in [5.74, 6) is 0.0142. The minimum absolute atomic E-state index is 0.171. The largest absolute Gasteiger partial charge is 0.465 e. The van der Waals surface area contributed by atoms with Crippen LogP contribution in [0.5, 0.6) is 0 Å². The summed E-state index contributed by atoms with van der Waals surface area (Å²) in [6, 6.07) is 0. The van der Waals surface area contributed by atoms with E-state index >= 15 is 0 Å². The summed E-state index contributed by atoms with van der Waals surface area (Å²) < 4.78 is 10.8. The van der Waals surface area contributed by atoms with Crippen molar-refractivity contribution < 1.29 is 19.1 Å². The number of thioether (sulfide) groups is 1. The number of hydrogen-bond acceptors (Lipinski definition) is 5. The van der Waals surface area contributed by atoms with E-state index in [9.17, 15) is 9.59 Å². The summed E-state index contributed by atoms with van der Waals surface area (Å²) in [5.41, 5.74) is 0.615. The molecule has 1 aliphatic heterocycles. The molecule has 162 valence electrons. The number of carbonyl (C=O) groups is 2. The maximum atomic E-state index is 12.3. The zero-order valence-corrected chi connectivity index (χ0v) is 18.8. The van der Waals surface area contributed by atoms with Crippen LogP contribution in [0.2, 0.25) is 0 Å². The number of rotatable bonds is 16. The monoisotopic (exact) mass is 412 g/mol. The van der Waals surface area contributed by atoms with Crippen LogP contribution in [0.3, 0.4) is 0 Å². The first-order valence-electron chi connectivity index (χ1n) is 11.3. The second-order valence-electron chi connectivity index (χ2n) is 7.72. The van der Waals surface area contributed by atoms with E-state index in [2.05, 4.69) is 13.8 Å². The van der Waals surface area contributed by atoms with Crippen LogP contribution in [0.4, 0.5) is 0 Å². The Bertz CT molecular complexity index is 462. The smallest absolute Gasteiger partial charge is 0.334 e. The molecular weight excluding hydrogens is 372 g/mol. The van der Waals surface area contributed by atoms with Crippen LogP contribution in [0.25, 0.3) is 0 Å². The molecular formula is C23H40O4S. The minimum Gasteiger partial charge on any atom is -0.465 e. The molecule has 0 N–H and O–H groups in total. The predicted molar refractivity (Wildman–Crippen MR) is 117 cm³/mol. The van der Waals surface area contributed by atoms with Gasteiger partial charge in [-0.1, -0.05) is 78.1 Å². The molecule has 0 radical (unpaired) electrons. The summed E-state index contributed by atoms with van der Waals surface area (Å²) in [7, 11) is 0. The molecule has 0 fully saturated rings. The molecule has 0 saturated heterocycles. The molecule has 1 atom stereocenters. The SMILES string of the molecule is CCCCCCCCOC(=O)C1=CSC[C@@H](C(=O)OCCCCCCCC)C1. The summed E-state index contributed by atoms with van der Waals surface area (Å²) in [5, 5.41) is 1.85. The highest BCUT2D eigenvalue weighted by Crippen LogP contribution is 2.28. The van der Waals surface area contributed by atoms with Crippen molar-refractivity contribution in [2.45, 2.75) is 97.3 Å². The van der Waals surface area contributed by atoms with Crippen LogP contribution in [0.15, 0.2) is 11.0 Å². The fraction of sp³-hybridized carbons (Fsp3) is 0.826. The lowest BCUT2D eigenvalue weighted by molar-refractivity contribution is -0.148. The van der Waals surface area contributed by atoms with Crippen molar-refractivity contribution in [1.82, 2.24) is 0 Å². The van der Waals surface area contributed by atoms with E-state index in [1.807, 2.05) is 5.41 Å². The Labute approximate surface area is 176 Å². The predicted octanol–water partition coefficient (Wildman–Crippen LogP) is 6.43. The molecule has 0 aromatic heterocycles. The molecule has 0 aromatic rings. The van der Waals surface area contributed by atoms with E-state index in [0.29, 0.717) is 31.0 Å². The van der Waals surface area contributed by atoms with Gasteiger partial charge in [0.2, 0.25) is 0 Å². The van der Waals surface area contributed by atoms with Crippen LogP contribution in [0.1, 0.15) is 97.3 Å². The summed E-state index contributed by atoms with van der Waals surface area (Å²) in [4.78, 5) is 24.5. The molecule has 0 amide bonds. The normalized spacial score (nSPS) is 16.5. The minimum atomic E-state index is -0.269. The second kappa shape index (κ2) is 16.9. The molecule has 5 heteroatoms. The fourth-order valence-corrected chi connectivity index (χ4v) is 4.21. The van der Waals surface area contributed by atoms with Gasteiger partial charge in [-0.25, -0.2) is 4.79 Å². The van der Waals surface area contributed by atoms with Gasteiger partial charge in [0.25, 0.3) is 0 Å². The summed E-state index contributed by atoms with van der Waals surface area (Å²) in [6.07, 6.45) is 14.5. The molecule has 0 aliphatic carbocycles. The Balaban J connectivity index is 2.15. The van der Waals surface area contributed by atoms with Crippen molar-refractivity contribution >= 4 is 23.7 Å². The molecule has 1 aliphatic rings. The third kappa shape index (κ3) is 11.8. The lowest BCUT2D eigenvalue weighted by Crippen LogP contribution is -2.25. The van der Waals surface area contributed by atoms with Gasteiger partial charge in [-0.15, -0.1) is 11.8 Å². The van der Waals surface area contributed by atoms with Crippen molar-refractivity contribution in [1.29, 1.82) is 0 Å². The van der Waals surface area contributed by atoms with E-state index in [-0.39, 0.29) is 17.9 Å². The molecule has 4 nitrogen and oxygen atoms in total. The van der Waals surface area contributed by atoms with Gasteiger partial charge < -0.3 is 9.47 Å². The molecule has 0 bridgehead atoms. The van der Waals surface area contributed by atoms with Crippen LogP contribution >= 0.6 is 11.8 Å². The third-order valence-electron chi connectivity index (χ3n) is 5.06. The van der Waals surface area contributed by atoms with Crippen LogP contribution in [-0.2, 0) is 19.1 Å². The van der Waals surface area contributed by atoms with Crippen LogP contribution in [0, 0.1) is 5.92 Å². The average molecular weight is 413 g/mol. The van der Waals surface area contributed by atoms with Gasteiger partial charge in [0.05, 0.1) is 19.1 Å². The van der Waals surface area contributed by atoms with Gasteiger partial charge in [0.15, 0.2) is 0 Å². The van der Waals surface area contributed by atoms with E-state index in [1.165, 1.54) is 63.1 Å². The maximum absolute atomic E-state index is 12.3. The Morgan fingerprint density at radius 2 is 1.39 bits per heavy atom. The van der Waals surface area contributed by atoms with E-state index in [1.54, 1.807) is 0 Å². The molecule has 0 unspecified atom stereocenters. The Hall–Kier alpha value is -0.970. The standard InChI is InChI=1S/C23H40O4S/c1-3-5-7-9-11-13-15-26-22(24)20-17-21(19-28-18-20)23(25)27-16-14-12-10-8-6-4-2/h18,21H,3-17,19H2,1-2H3/t21-/m0/s1. The topological polar surface area (TPSA) is 52.6 Å². The molecule has 0 saturated carbocycles. The van der Waals surface area contributed by atoms with E-state index in [0.717, 1.165) is 25.7 Å². The number of ether oxygens (including phenoxy) is 2. The van der Waals surface area contributed by atoms with Gasteiger partial charge in [0.1, 0.15) is 0 Å². The van der Waals surface area contributed by atoms with Crippen molar-refractivity contribution in [3.05, 3.63) is 11.0 Å². The van der Waals surface area contributed by atoms with Gasteiger partial charge in [-0.3, -0.25) is 4.79 Å². The van der Waals surface area contributed by atoms with Crippen molar-refractivity contribution in [3.63, 3.8) is 0 Å². The van der Waals surface area contributed by atoms with Crippen molar-refractivity contribution in [2.75, 3.05) is 19.0 Å². The first-order chi connectivity index (χ1) is 13.7. The summed E-state index contributed by atoms with van der Waals surface area (Å²) in [6.45, 7) is 5.38. The van der Waals surface area contributed by atoms with Gasteiger partial charge in [-0.05, 0) is 24.7 Å². The highest BCUT2D eigenvalue weighted by molar-refractivity contribution is 8.02. The first kappa shape index (κ1) is 25.1. The lowest BCUT2D eigenvalue weighted by Gasteiger charge is -2.20. The highest BCUT2D eigenvalue weighted by Gasteiger charge is 2.28. The maximum Gasteiger partial charge on any atom is 0.334 e. The molecule has 0 aromatic carbocycles. The quantitative estimate of drug-likeness (QED) is 0.216. The number of esters is 2. The van der Waals surface area contributed by atoms with Crippen molar-refractivity contribution in [3.8, 4) is 0 Å². The third-order valence-corrected chi connectivity index (χ3v) is 6.10. The van der Waals surface area contributed by atoms with Gasteiger partial charge in [0, 0.05) is 11.3 Å². The van der Waals surface area contributed by atoms with E-state index in [4.69, 9.17) is 9.47 Å². The molecule has 1 heterocycles. The Kier molecular flexibility index (Phi) is 15.2. The average Bonchev–Trinajstić information content (AvgIpc) is 2.72. The molecule has 28 heavy (non-hydrogen) atoms. The Morgan fingerprint density at radius 3 is 2.00 bits per heavy atom. The number of carbonyl (C=O) groups excluding carboxylic acids is 2. The van der Waals surface area contributed by atoms with E-state index < -0.39 is 0 Å². The van der Waals surface area contributed by atoms with Crippen molar-refractivity contribution in [2.24, 2.45) is 5.92 Å². The zero-order chi connectivity index (χ0) is 20.5. The number of unbranched alkanes of at least 4 members (excludes halogenated alkanes) is 10. The van der Waals surface area contributed by atoms with Crippen LogP contribution in [-0.4, -0.2) is 30.9 Å². The lowest BCUT2D eigenvalue weighted by atomic mass is 10.0. The van der Waals surface area contributed by atoms with Crippen LogP contribution < -0.4 is 0 Å². The molecule has 0 spiro atoms. The van der Waals surface area contributed by atoms with Gasteiger partial charge in [-0.2, -0.15) is 0 Å². The second-order valence-corrected chi connectivity index (χ2v) is 8.62. The summed E-state index contributed by atoms with van der Waals surface area (Å²) >= 11 is 1.51. The zero-order valence-electron chi connectivity index (χ0n) is 18.0. The van der Waals surface area contributed by atoms with Gasteiger partial charge >= 0.3 is 11.9 Å². The fourth-order valence-electron chi connectivity index (χ4n) is 3.23.